The quantitative estimate of drug-likeness (QED) is 0.925. The molecule has 0 spiro atoms. The molecule has 0 aliphatic heterocycles. The largest absolute Gasteiger partial charge is 0.337 e. The van der Waals surface area contributed by atoms with Gasteiger partial charge in [0, 0.05) is 10.6 Å². The Hall–Kier alpha value is -1.39. The molecular weight excluding hydrogens is 250 g/mol. The Morgan fingerprint density at radius 2 is 2.00 bits per heavy atom. The second-order valence-corrected chi connectivity index (χ2v) is 5.42. The Bertz CT molecular complexity index is 558. The maximum atomic E-state index is 6.24. The Labute approximate surface area is 110 Å². The van der Waals surface area contributed by atoms with Crippen molar-refractivity contribution in [2.24, 2.45) is 11.7 Å². The van der Waals surface area contributed by atoms with Crippen molar-refractivity contribution in [2.75, 3.05) is 0 Å². The van der Waals surface area contributed by atoms with E-state index >= 15 is 0 Å². The van der Waals surface area contributed by atoms with Crippen molar-refractivity contribution in [1.29, 1.82) is 0 Å². The Morgan fingerprint density at radius 3 is 2.61 bits per heavy atom. The van der Waals surface area contributed by atoms with Crippen LogP contribution in [0.3, 0.4) is 0 Å². The first-order valence-electron chi connectivity index (χ1n) is 5.96. The van der Waals surface area contributed by atoms with Crippen molar-refractivity contribution in [3.05, 3.63) is 35.2 Å². The molecule has 1 aromatic carbocycles. The molecule has 4 nitrogen and oxygen atoms in total. The molecule has 0 saturated heterocycles. The molecule has 2 N–H and O–H groups in total. The Balaban J connectivity index is 1.91. The van der Waals surface area contributed by atoms with Crippen LogP contribution in [0.2, 0.25) is 5.02 Å². The maximum Gasteiger partial charge on any atom is 0.247 e. The highest BCUT2D eigenvalue weighted by molar-refractivity contribution is 6.30. The lowest BCUT2D eigenvalue weighted by Gasteiger charge is -2.18. The predicted molar refractivity (Wildman–Crippen MR) is 69.0 cm³/mol. The highest BCUT2D eigenvalue weighted by Crippen LogP contribution is 2.43. The standard InChI is InChI=1S/C13H14ClN3O/c1-13(15,9-4-5-9)12-16-11(17-18-12)8-2-6-10(14)7-3-8/h2-3,6-7,9H,4-5,15H2,1H3. The van der Waals surface area contributed by atoms with Gasteiger partial charge in [-0.3, -0.25) is 0 Å². The second-order valence-electron chi connectivity index (χ2n) is 4.99. The lowest BCUT2D eigenvalue weighted by Crippen LogP contribution is -2.35. The minimum Gasteiger partial charge on any atom is -0.337 e. The summed E-state index contributed by atoms with van der Waals surface area (Å²) in [6.45, 7) is 1.95. The molecule has 2 aromatic rings. The van der Waals surface area contributed by atoms with E-state index in [4.69, 9.17) is 21.9 Å². The van der Waals surface area contributed by atoms with E-state index in [9.17, 15) is 0 Å². The minimum absolute atomic E-state index is 0.455. The van der Waals surface area contributed by atoms with Gasteiger partial charge in [0.05, 0.1) is 5.54 Å². The van der Waals surface area contributed by atoms with Gasteiger partial charge in [-0.2, -0.15) is 4.98 Å². The van der Waals surface area contributed by atoms with Crippen molar-refractivity contribution in [2.45, 2.75) is 25.3 Å². The molecule has 1 aromatic heterocycles. The molecule has 5 heteroatoms. The summed E-state index contributed by atoms with van der Waals surface area (Å²) in [6, 6.07) is 7.33. The van der Waals surface area contributed by atoms with Gasteiger partial charge in [0.25, 0.3) is 0 Å². The number of nitrogens with zero attached hydrogens (tertiary/aromatic N) is 2. The number of rotatable bonds is 3. The van der Waals surface area contributed by atoms with Crippen LogP contribution in [0, 0.1) is 5.92 Å². The molecule has 1 unspecified atom stereocenters. The maximum absolute atomic E-state index is 6.24. The Morgan fingerprint density at radius 1 is 1.33 bits per heavy atom. The fourth-order valence-corrected chi connectivity index (χ4v) is 2.14. The second kappa shape index (κ2) is 4.07. The molecule has 1 aliphatic rings. The van der Waals surface area contributed by atoms with Gasteiger partial charge in [0.15, 0.2) is 0 Å². The van der Waals surface area contributed by atoms with E-state index in [-0.39, 0.29) is 0 Å². The number of nitrogens with two attached hydrogens (primary N) is 1. The molecule has 1 atom stereocenters. The van der Waals surface area contributed by atoms with Crippen LogP contribution in [-0.4, -0.2) is 10.1 Å². The van der Waals surface area contributed by atoms with Gasteiger partial charge < -0.3 is 10.3 Å². The topological polar surface area (TPSA) is 64.9 Å². The van der Waals surface area contributed by atoms with Crippen molar-refractivity contribution in [1.82, 2.24) is 10.1 Å². The third-order valence-electron chi connectivity index (χ3n) is 3.41. The molecule has 1 aliphatic carbocycles. The molecule has 18 heavy (non-hydrogen) atoms. The van der Waals surface area contributed by atoms with Gasteiger partial charge in [-0.05, 0) is 49.9 Å². The third kappa shape index (κ3) is 2.02. The zero-order valence-electron chi connectivity index (χ0n) is 10.1. The average Bonchev–Trinajstić information content (AvgIpc) is 3.09. The van der Waals surface area contributed by atoms with Gasteiger partial charge in [0.2, 0.25) is 11.7 Å². The number of hydrogen-bond donors (Lipinski definition) is 1. The first-order valence-corrected chi connectivity index (χ1v) is 6.34. The summed E-state index contributed by atoms with van der Waals surface area (Å²) in [7, 11) is 0. The molecule has 3 rings (SSSR count). The molecular formula is C13H14ClN3O. The summed E-state index contributed by atoms with van der Waals surface area (Å²) in [5, 5.41) is 4.67. The van der Waals surface area contributed by atoms with Crippen molar-refractivity contribution in [3.8, 4) is 11.4 Å². The van der Waals surface area contributed by atoms with Crippen LogP contribution in [0.25, 0.3) is 11.4 Å². The summed E-state index contributed by atoms with van der Waals surface area (Å²) in [6.07, 6.45) is 2.26. The highest BCUT2D eigenvalue weighted by Gasteiger charge is 2.43. The fourth-order valence-electron chi connectivity index (χ4n) is 2.02. The van der Waals surface area contributed by atoms with Crippen molar-refractivity contribution >= 4 is 11.6 Å². The van der Waals surface area contributed by atoms with Gasteiger partial charge in [0.1, 0.15) is 0 Å². The summed E-state index contributed by atoms with van der Waals surface area (Å²) in [5.41, 5.74) is 6.60. The zero-order chi connectivity index (χ0) is 12.8. The lowest BCUT2D eigenvalue weighted by molar-refractivity contribution is 0.273. The van der Waals surface area contributed by atoms with E-state index in [0.717, 1.165) is 18.4 Å². The van der Waals surface area contributed by atoms with Gasteiger partial charge in [-0.1, -0.05) is 16.8 Å². The van der Waals surface area contributed by atoms with Crippen LogP contribution < -0.4 is 5.73 Å². The molecule has 0 bridgehead atoms. The molecule has 0 amide bonds. The lowest BCUT2D eigenvalue weighted by atomic mass is 9.97. The van der Waals surface area contributed by atoms with Gasteiger partial charge >= 0.3 is 0 Å². The van der Waals surface area contributed by atoms with Gasteiger partial charge in [-0.25, -0.2) is 0 Å². The van der Waals surface area contributed by atoms with Crippen LogP contribution in [-0.2, 0) is 5.54 Å². The first kappa shape index (κ1) is 11.7. The van der Waals surface area contributed by atoms with Crippen LogP contribution in [0.4, 0.5) is 0 Å². The van der Waals surface area contributed by atoms with Gasteiger partial charge in [-0.15, -0.1) is 0 Å². The van der Waals surface area contributed by atoms with E-state index in [2.05, 4.69) is 10.1 Å². The van der Waals surface area contributed by atoms with E-state index in [1.54, 1.807) is 12.1 Å². The third-order valence-corrected chi connectivity index (χ3v) is 3.67. The highest BCUT2D eigenvalue weighted by atomic mass is 35.5. The number of halogens is 1. The minimum atomic E-state index is -0.516. The van der Waals surface area contributed by atoms with Crippen LogP contribution >= 0.6 is 11.6 Å². The number of hydrogen-bond acceptors (Lipinski definition) is 4. The smallest absolute Gasteiger partial charge is 0.247 e. The fraction of sp³-hybridized carbons (Fsp3) is 0.385. The van der Waals surface area contributed by atoms with Crippen LogP contribution in [0.5, 0.6) is 0 Å². The monoisotopic (exact) mass is 263 g/mol. The summed E-state index contributed by atoms with van der Waals surface area (Å²) >= 11 is 5.84. The van der Waals surface area contributed by atoms with Crippen molar-refractivity contribution in [3.63, 3.8) is 0 Å². The first-order chi connectivity index (χ1) is 8.57. The number of aromatic nitrogens is 2. The van der Waals surface area contributed by atoms with Crippen molar-refractivity contribution < 1.29 is 4.52 Å². The predicted octanol–water partition coefficient (Wildman–Crippen LogP) is 2.97. The van der Waals surface area contributed by atoms with E-state index < -0.39 is 5.54 Å². The number of benzene rings is 1. The van der Waals surface area contributed by atoms with E-state index in [1.807, 2.05) is 19.1 Å². The summed E-state index contributed by atoms with van der Waals surface area (Å²) in [4.78, 5) is 4.40. The SMILES string of the molecule is CC(N)(c1nc(-c2ccc(Cl)cc2)no1)C1CC1. The molecule has 0 radical (unpaired) electrons. The van der Waals surface area contributed by atoms with Crippen LogP contribution in [0.15, 0.2) is 28.8 Å². The van der Waals surface area contributed by atoms with Crippen LogP contribution in [0.1, 0.15) is 25.7 Å². The molecule has 94 valence electrons. The summed E-state index contributed by atoms with van der Waals surface area (Å²) < 4.78 is 5.30. The molecule has 1 fully saturated rings. The molecule has 1 saturated carbocycles. The molecule has 1 heterocycles. The zero-order valence-corrected chi connectivity index (χ0v) is 10.8. The van der Waals surface area contributed by atoms with E-state index in [1.165, 1.54) is 0 Å². The Kier molecular flexibility index (Phi) is 2.64. The summed E-state index contributed by atoms with van der Waals surface area (Å²) in [5.74, 6) is 1.52. The normalized spacial score (nSPS) is 18.6. The average molecular weight is 264 g/mol. The van der Waals surface area contributed by atoms with E-state index in [0.29, 0.717) is 22.7 Å².